The molecule has 0 N–H and O–H groups in total. The molecule has 2 aromatic rings. The largest absolute Gasteiger partial charge is 0.0985 e. The highest BCUT2D eigenvalue weighted by molar-refractivity contribution is 6.76. The van der Waals surface area contributed by atoms with Crippen LogP contribution in [-0.4, -0.2) is 8.07 Å². The lowest BCUT2D eigenvalue weighted by Crippen LogP contribution is -2.32. The van der Waals surface area contributed by atoms with Gasteiger partial charge in [0, 0.05) is 0 Å². The van der Waals surface area contributed by atoms with Gasteiger partial charge in [-0.25, -0.2) is 0 Å². The van der Waals surface area contributed by atoms with Crippen molar-refractivity contribution in [3.8, 4) is 0 Å². The lowest BCUT2D eigenvalue weighted by atomic mass is 10.1. The molecule has 0 saturated heterocycles. The number of hydrogen-bond acceptors (Lipinski definition) is 0. The van der Waals surface area contributed by atoms with E-state index in [1.54, 1.807) is 0 Å². The second-order valence-electron chi connectivity index (χ2n) is 6.41. The fourth-order valence-corrected chi connectivity index (χ4v) is 5.52. The molecule has 0 fully saturated rings. The Hall–Kier alpha value is -1.86. The van der Waals surface area contributed by atoms with Crippen molar-refractivity contribution in [2.24, 2.45) is 0 Å². The molecule has 108 valence electrons. The number of benzene rings is 2. The molecule has 1 heteroatoms. The Morgan fingerprint density at radius 1 is 0.714 bits per heavy atom. The highest BCUT2D eigenvalue weighted by atomic mass is 28.3. The maximum absolute atomic E-state index is 3.81. The van der Waals surface area contributed by atoms with Gasteiger partial charge in [-0.3, -0.25) is 0 Å². The van der Waals surface area contributed by atoms with Gasteiger partial charge < -0.3 is 0 Å². The van der Waals surface area contributed by atoms with Gasteiger partial charge >= 0.3 is 0 Å². The van der Waals surface area contributed by atoms with E-state index in [2.05, 4.69) is 74.8 Å². The minimum atomic E-state index is -1.29. The van der Waals surface area contributed by atoms with Gasteiger partial charge in [-0.15, -0.1) is 0 Å². The molecule has 0 aliphatic carbocycles. The third-order valence-corrected chi connectivity index (χ3v) is 6.53. The zero-order valence-corrected chi connectivity index (χ0v) is 14.1. The summed E-state index contributed by atoms with van der Waals surface area (Å²) in [6, 6.07) is 20.0. The van der Waals surface area contributed by atoms with Crippen LogP contribution < -0.4 is 0 Å². The predicted octanol–water partition coefficient (Wildman–Crippen LogP) is 5.54. The van der Waals surface area contributed by atoms with Crippen LogP contribution in [0.2, 0.25) is 13.1 Å². The summed E-state index contributed by atoms with van der Waals surface area (Å²) in [4.78, 5) is 0. The van der Waals surface area contributed by atoms with Crippen molar-refractivity contribution in [3.63, 3.8) is 0 Å². The second kappa shape index (κ2) is 6.73. The van der Waals surface area contributed by atoms with Crippen molar-refractivity contribution in [2.45, 2.75) is 25.2 Å². The van der Waals surface area contributed by atoms with Crippen molar-refractivity contribution in [1.29, 1.82) is 0 Å². The highest BCUT2D eigenvalue weighted by Gasteiger charge is 2.21. The van der Waals surface area contributed by atoms with E-state index in [4.69, 9.17) is 0 Å². The Kier molecular flexibility index (Phi) is 4.97. The van der Waals surface area contributed by atoms with Crippen molar-refractivity contribution in [1.82, 2.24) is 0 Å². The fraction of sp³-hybridized carbons (Fsp3) is 0.200. The normalized spacial score (nSPS) is 11.1. The fourth-order valence-electron chi connectivity index (χ4n) is 2.71. The van der Waals surface area contributed by atoms with Crippen LogP contribution in [0.1, 0.15) is 22.3 Å². The molecular weight excluding hydrogens is 268 g/mol. The summed E-state index contributed by atoms with van der Waals surface area (Å²) in [5, 5.41) is 0. The number of hydrogen-bond donors (Lipinski definition) is 0. The van der Waals surface area contributed by atoms with E-state index in [0.29, 0.717) is 0 Å². The van der Waals surface area contributed by atoms with Crippen LogP contribution in [0.15, 0.2) is 61.7 Å². The molecule has 0 spiro atoms. The van der Waals surface area contributed by atoms with E-state index in [0.717, 1.165) is 0 Å². The van der Waals surface area contributed by atoms with Gasteiger partial charge in [0.25, 0.3) is 0 Å². The summed E-state index contributed by atoms with van der Waals surface area (Å²) < 4.78 is 0. The Balaban J connectivity index is 2.05. The quantitative estimate of drug-likeness (QED) is 0.613. The lowest BCUT2D eigenvalue weighted by molar-refractivity contribution is 1.21. The second-order valence-corrected chi connectivity index (χ2v) is 11.4. The molecule has 0 heterocycles. The molecule has 21 heavy (non-hydrogen) atoms. The molecule has 0 saturated carbocycles. The van der Waals surface area contributed by atoms with E-state index < -0.39 is 8.07 Å². The van der Waals surface area contributed by atoms with Crippen molar-refractivity contribution in [2.75, 3.05) is 0 Å². The first-order valence-corrected chi connectivity index (χ1v) is 10.9. The average molecular weight is 292 g/mol. The Labute approximate surface area is 129 Å². The maximum Gasteiger partial charge on any atom is 0.0561 e. The zero-order valence-electron chi connectivity index (χ0n) is 13.1. The third kappa shape index (κ3) is 4.57. The van der Waals surface area contributed by atoms with Gasteiger partial charge in [0.15, 0.2) is 0 Å². The first-order valence-electron chi connectivity index (χ1n) is 7.45. The van der Waals surface area contributed by atoms with Crippen LogP contribution in [0.5, 0.6) is 0 Å². The molecule has 0 aliphatic rings. The summed E-state index contributed by atoms with van der Waals surface area (Å²) in [5.41, 5.74) is 5.27. The molecule has 0 radical (unpaired) electrons. The molecule has 2 aromatic carbocycles. The van der Waals surface area contributed by atoms with Crippen LogP contribution in [0.4, 0.5) is 0 Å². The maximum atomic E-state index is 3.81. The van der Waals surface area contributed by atoms with E-state index >= 15 is 0 Å². The minimum Gasteiger partial charge on any atom is -0.0985 e. The SMILES string of the molecule is C=Cc1ccc(C[Si](C)(C)Cc2ccc(C=C)cc2)cc1. The molecule has 0 aromatic heterocycles. The predicted molar refractivity (Wildman–Crippen MR) is 98.0 cm³/mol. The van der Waals surface area contributed by atoms with Crippen LogP contribution in [-0.2, 0) is 12.1 Å². The van der Waals surface area contributed by atoms with E-state index in [9.17, 15) is 0 Å². The highest BCUT2D eigenvalue weighted by Crippen LogP contribution is 2.19. The van der Waals surface area contributed by atoms with Crippen LogP contribution in [0, 0.1) is 0 Å². The topological polar surface area (TPSA) is 0 Å². The smallest absolute Gasteiger partial charge is 0.0561 e. The van der Waals surface area contributed by atoms with Crippen LogP contribution in [0.25, 0.3) is 12.2 Å². The van der Waals surface area contributed by atoms with Gasteiger partial charge in [-0.1, -0.05) is 98.1 Å². The Morgan fingerprint density at radius 2 is 1.05 bits per heavy atom. The molecule has 0 unspecified atom stereocenters. The molecule has 0 aliphatic heterocycles. The van der Waals surface area contributed by atoms with Crippen molar-refractivity contribution < 1.29 is 0 Å². The van der Waals surface area contributed by atoms with E-state index in [1.165, 1.54) is 34.3 Å². The van der Waals surface area contributed by atoms with Gasteiger partial charge in [0.2, 0.25) is 0 Å². The van der Waals surface area contributed by atoms with Crippen molar-refractivity contribution >= 4 is 20.2 Å². The van der Waals surface area contributed by atoms with Gasteiger partial charge in [0.1, 0.15) is 0 Å². The molecule has 0 bridgehead atoms. The number of rotatable bonds is 6. The summed E-state index contributed by atoms with van der Waals surface area (Å²) in [5.74, 6) is 0. The zero-order chi connectivity index (χ0) is 15.3. The molecule has 2 rings (SSSR count). The summed E-state index contributed by atoms with van der Waals surface area (Å²) in [6.07, 6.45) is 3.79. The first-order chi connectivity index (χ1) is 10.0. The Bertz CT molecular complexity index is 548. The van der Waals surface area contributed by atoms with Gasteiger partial charge in [-0.2, -0.15) is 0 Å². The monoisotopic (exact) mass is 292 g/mol. The molecule has 0 atom stereocenters. The van der Waals surface area contributed by atoms with Crippen LogP contribution >= 0.6 is 0 Å². The first kappa shape index (κ1) is 15.5. The van der Waals surface area contributed by atoms with Crippen LogP contribution in [0.3, 0.4) is 0 Å². The third-order valence-electron chi connectivity index (χ3n) is 3.80. The Morgan fingerprint density at radius 3 is 1.33 bits per heavy atom. The van der Waals surface area contributed by atoms with Gasteiger partial charge in [-0.05, 0) is 23.2 Å². The molecule has 0 amide bonds. The van der Waals surface area contributed by atoms with E-state index in [-0.39, 0.29) is 0 Å². The summed E-state index contributed by atoms with van der Waals surface area (Å²) in [6.45, 7) is 12.5. The molecular formula is C20H24Si. The summed E-state index contributed by atoms with van der Waals surface area (Å²) in [7, 11) is -1.29. The lowest BCUT2D eigenvalue weighted by Gasteiger charge is -2.23. The van der Waals surface area contributed by atoms with Gasteiger partial charge in [0.05, 0.1) is 8.07 Å². The molecule has 0 nitrogen and oxygen atoms in total. The average Bonchev–Trinajstić information content (AvgIpc) is 2.48. The van der Waals surface area contributed by atoms with E-state index in [1.807, 2.05) is 12.2 Å². The summed E-state index contributed by atoms with van der Waals surface area (Å²) >= 11 is 0. The van der Waals surface area contributed by atoms with Crippen molar-refractivity contribution in [3.05, 3.63) is 83.9 Å². The minimum absolute atomic E-state index is 1.19. The standard InChI is InChI=1S/C20H24Si/c1-5-17-7-11-19(12-8-17)15-21(3,4)16-20-13-9-18(6-2)10-14-20/h5-14H,1-2,15-16H2,3-4H3.